The van der Waals surface area contributed by atoms with E-state index in [1.165, 1.54) is 0 Å². The van der Waals surface area contributed by atoms with E-state index >= 15 is 0 Å². The minimum atomic E-state index is -1.05. The van der Waals surface area contributed by atoms with Crippen LogP contribution in [0.5, 0.6) is 0 Å². The number of aromatic nitrogens is 2. The number of carbonyl (C=O) groups excluding carboxylic acids is 1. The van der Waals surface area contributed by atoms with Crippen molar-refractivity contribution in [2.24, 2.45) is 11.0 Å². The number of hydrazone groups is 1. The zero-order valence-electron chi connectivity index (χ0n) is 19.5. The van der Waals surface area contributed by atoms with Crippen LogP contribution in [0.3, 0.4) is 0 Å². The van der Waals surface area contributed by atoms with Gasteiger partial charge in [-0.2, -0.15) is 5.10 Å². The van der Waals surface area contributed by atoms with Crippen LogP contribution in [-0.4, -0.2) is 50.7 Å². The highest BCUT2D eigenvalue weighted by atomic mass is 16.3. The van der Waals surface area contributed by atoms with Gasteiger partial charge in [0, 0.05) is 37.3 Å². The molecule has 1 amide bonds. The summed E-state index contributed by atoms with van der Waals surface area (Å²) in [6.07, 6.45) is -0.643. The topological polar surface area (TPSA) is 123 Å². The van der Waals surface area contributed by atoms with Gasteiger partial charge in [0.25, 0.3) is 0 Å². The number of amides is 1. The smallest absolute Gasteiger partial charge is 0.240 e. The number of benzene rings is 3. The van der Waals surface area contributed by atoms with Gasteiger partial charge in [0.05, 0.1) is 22.8 Å². The Bertz CT molecular complexity index is 1390. The lowest BCUT2D eigenvalue weighted by Gasteiger charge is -2.19. The molecule has 8 heteroatoms. The highest BCUT2D eigenvalue weighted by Gasteiger charge is 2.22. The molecule has 1 aliphatic rings. The SMILES string of the molecule is CC1CC(=O)NN=C1c1ccc2nc(CCNC(O)C(O)Cc3cccc4ccccc34)[nH]c2c1. The highest BCUT2D eigenvalue weighted by Crippen LogP contribution is 2.22. The molecule has 3 unspecified atom stereocenters. The molecule has 0 fully saturated rings. The quantitative estimate of drug-likeness (QED) is 0.253. The number of hydrogen-bond donors (Lipinski definition) is 5. The van der Waals surface area contributed by atoms with E-state index in [4.69, 9.17) is 0 Å². The van der Waals surface area contributed by atoms with Gasteiger partial charge in [-0.1, -0.05) is 55.5 Å². The Morgan fingerprint density at radius 2 is 1.94 bits per heavy atom. The third-order valence-electron chi connectivity index (χ3n) is 6.47. The molecule has 1 aliphatic heterocycles. The monoisotopic (exact) mass is 471 g/mol. The molecule has 35 heavy (non-hydrogen) atoms. The van der Waals surface area contributed by atoms with E-state index < -0.39 is 12.3 Å². The summed E-state index contributed by atoms with van der Waals surface area (Å²) in [5.41, 5.74) is 7.09. The second-order valence-electron chi connectivity index (χ2n) is 9.11. The lowest BCUT2D eigenvalue weighted by Crippen LogP contribution is -2.41. The second kappa shape index (κ2) is 9.95. The minimum absolute atomic E-state index is 0.0505. The summed E-state index contributed by atoms with van der Waals surface area (Å²) in [5, 5.41) is 30.4. The summed E-state index contributed by atoms with van der Waals surface area (Å²) < 4.78 is 0. The van der Waals surface area contributed by atoms with Crippen LogP contribution in [0, 0.1) is 5.92 Å². The number of nitrogens with zero attached hydrogens (tertiary/aromatic N) is 2. The average molecular weight is 472 g/mol. The molecule has 8 nitrogen and oxygen atoms in total. The molecule has 2 heterocycles. The number of rotatable bonds is 8. The van der Waals surface area contributed by atoms with Gasteiger partial charge >= 0.3 is 0 Å². The summed E-state index contributed by atoms with van der Waals surface area (Å²) in [6.45, 7) is 2.45. The van der Waals surface area contributed by atoms with Crippen molar-refractivity contribution < 1.29 is 15.0 Å². The van der Waals surface area contributed by atoms with Gasteiger partial charge in [-0.25, -0.2) is 10.4 Å². The van der Waals surface area contributed by atoms with Crippen LogP contribution < -0.4 is 10.7 Å². The number of aliphatic hydroxyl groups excluding tert-OH is 2. The van der Waals surface area contributed by atoms with Gasteiger partial charge in [-0.3, -0.25) is 10.1 Å². The van der Waals surface area contributed by atoms with Crippen LogP contribution in [0.25, 0.3) is 21.8 Å². The Labute approximate surface area is 203 Å². The van der Waals surface area contributed by atoms with E-state index in [1.807, 2.05) is 67.6 Å². The van der Waals surface area contributed by atoms with Crippen molar-refractivity contribution in [1.82, 2.24) is 20.7 Å². The zero-order valence-corrected chi connectivity index (χ0v) is 19.5. The molecule has 3 aromatic carbocycles. The summed E-state index contributed by atoms with van der Waals surface area (Å²) in [6, 6.07) is 19.9. The standard InChI is InChI=1S/C27H29N5O3/c1-16-13-25(34)31-32-26(16)19-9-10-21-22(14-19)30-24(29-21)11-12-28-27(35)23(33)15-18-7-4-6-17-5-2-3-8-20(17)18/h2-10,14,16,23,27-28,33,35H,11-13,15H2,1H3,(H,29,30)(H,31,34). The first-order chi connectivity index (χ1) is 17.0. The number of carbonyl (C=O) groups is 1. The van der Waals surface area contributed by atoms with Crippen LogP contribution in [0.4, 0.5) is 0 Å². The number of nitrogens with one attached hydrogen (secondary N) is 3. The largest absolute Gasteiger partial charge is 0.389 e. The van der Waals surface area contributed by atoms with Crippen molar-refractivity contribution in [3.8, 4) is 0 Å². The number of H-pyrrole nitrogens is 1. The van der Waals surface area contributed by atoms with E-state index in [2.05, 4.69) is 25.8 Å². The van der Waals surface area contributed by atoms with Gasteiger partial charge in [-0.05, 0) is 28.5 Å². The van der Waals surface area contributed by atoms with Crippen LogP contribution in [0.2, 0.25) is 0 Å². The molecule has 0 radical (unpaired) electrons. The summed E-state index contributed by atoms with van der Waals surface area (Å²) in [4.78, 5) is 19.5. The lowest BCUT2D eigenvalue weighted by molar-refractivity contribution is -0.121. The molecule has 0 saturated heterocycles. The Morgan fingerprint density at radius 3 is 2.80 bits per heavy atom. The van der Waals surface area contributed by atoms with Crippen molar-refractivity contribution in [3.63, 3.8) is 0 Å². The predicted octanol–water partition coefficient (Wildman–Crippen LogP) is 2.63. The predicted molar refractivity (Wildman–Crippen MR) is 136 cm³/mol. The van der Waals surface area contributed by atoms with Crippen LogP contribution in [-0.2, 0) is 17.6 Å². The second-order valence-corrected chi connectivity index (χ2v) is 9.11. The molecule has 0 aliphatic carbocycles. The lowest BCUT2D eigenvalue weighted by atomic mass is 9.94. The Hall–Kier alpha value is -3.59. The summed E-state index contributed by atoms with van der Waals surface area (Å²) >= 11 is 0. The average Bonchev–Trinajstić information content (AvgIpc) is 3.26. The van der Waals surface area contributed by atoms with Gasteiger partial charge < -0.3 is 15.2 Å². The van der Waals surface area contributed by atoms with E-state index in [0.717, 1.165) is 44.5 Å². The fourth-order valence-corrected chi connectivity index (χ4v) is 4.62. The fourth-order valence-electron chi connectivity index (χ4n) is 4.62. The molecule has 4 aromatic rings. The summed E-state index contributed by atoms with van der Waals surface area (Å²) in [5.74, 6) is 0.769. The van der Waals surface area contributed by atoms with Gasteiger partial charge in [-0.15, -0.1) is 0 Å². The molecule has 0 bridgehead atoms. The molecule has 3 atom stereocenters. The first-order valence-electron chi connectivity index (χ1n) is 11.9. The molecule has 5 N–H and O–H groups in total. The maximum atomic E-state index is 11.5. The molecule has 0 spiro atoms. The molecule has 0 saturated carbocycles. The number of imidazole rings is 1. The first-order valence-corrected chi connectivity index (χ1v) is 11.9. The van der Waals surface area contributed by atoms with E-state index in [0.29, 0.717) is 25.8 Å². The van der Waals surface area contributed by atoms with Crippen molar-refractivity contribution in [2.45, 2.75) is 38.5 Å². The number of fused-ring (bicyclic) bond motifs is 2. The molecular weight excluding hydrogens is 442 g/mol. The van der Waals surface area contributed by atoms with E-state index in [1.54, 1.807) is 0 Å². The van der Waals surface area contributed by atoms with Crippen LogP contribution in [0.1, 0.15) is 30.3 Å². The maximum absolute atomic E-state index is 11.5. The summed E-state index contributed by atoms with van der Waals surface area (Å²) in [7, 11) is 0. The normalized spacial score (nSPS) is 17.9. The van der Waals surface area contributed by atoms with Gasteiger partial charge in [0.2, 0.25) is 5.91 Å². The number of hydrogen-bond acceptors (Lipinski definition) is 6. The Kier molecular flexibility index (Phi) is 6.59. The number of aliphatic hydroxyl groups is 2. The molecular formula is C27H29N5O3. The van der Waals surface area contributed by atoms with Crippen molar-refractivity contribution in [2.75, 3.05) is 6.54 Å². The molecule has 5 rings (SSSR count). The Morgan fingerprint density at radius 1 is 1.11 bits per heavy atom. The van der Waals surface area contributed by atoms with Crippen LogP contribution >= 0.6 is 0 Å². The number of aromatic amines is 1. The van der Waals surface area contributed by atoms with Crippen molar-refractivity contribution >= 4 is 33.4 Å². The van der Waals surface area contributed by atoms with E-state index in [9.17, 15) is 15.0 Å². The fraction of sp³-hybridized carbons (Fsp3) is 0.296. The van der Waals surface area contributed by atoms with Crippen molar-refractivity contribution in [1.29, 1.82) is 0 Å². The Balaban J connectivity index is 1.19. The molecule has 1 aromatic heterocycles. The third kappa shape index (κ3) is 5.09. The first kappa shape index (κ1) is 23.2. The highest BCUT2D eigenvalue weighted by molar-refractivity contribution is 6.07. The zero-order chi connectivity index (χ0) is 24.4. The van der Waals surface area contributed by atoms with E-state index in [-0.39, 0.29) is 11.8 Å². The van der Waals surface area contributed by atoms with Gasteiger partial charge in [0.1, 0.15) is 12.1 Å². The van der Waals surface area contributed by atoms with Crippen molar-refractivity contribution in [3.05, 3.63) is 77.6 Å². The maximum Gasteiger partial charge on any atom is 0.240 e. The van der Waals surface area contributed by atoms with Crippen LogP contribution in [0.15, 0.2) is 65.8 Å². The molecule has 180 valence electrons. The minimum Gasteiger partial charge on any atom is -0.389 e. The third-order valence-corrected chi connectivity index (χ3v) is 6.47. The van der Waals surface area contributed by atoms with Gasteiger partial charge in [0.15, 0.2) is 0 Å².